The molecule has 2 aromatic heterocycles. The minimum absolute atomic E-state index is 0.122. The Morgan fingerprint density at radius 2 is 2.29 bits per heavy atom. The molecule has 3 rings (SSSR count). The number of hydrogen-bond donors (Lipinski definition) is 1. The van der Waals surface area contributed by atoms with Gasteiger partial charge in [-0.2, -0.15) is 0 Å². The van der Waals surface area contributed by atoms with Crippen LogP contribution in [-0.4, -0.2) is 5.91 Å². The van der Waals surface area contributed by atoms with Crippen LogP contribution in [0.3, 0.4) is 0 Å². The third-order valence-corrected chi connectivity index (χ3v) is 4.25. The maximum absolute atomic E-state index is 12.2. The van der Waals surface area contributed by atoms with E-state index >= 15 is 0 Å². The van der Waals surface area contributed by atoms with Gasteiger partial charge < -0.3 is 9.73 Å². The Kier molecular flexibility index (Phi) is 2.52. The van der Waals surface area contributed by atoms with Gasteiger partial charge in [-0.05, 0) is 36.4 Å². The molecule has 88 valence electrons. The first-order chi connectivity index (χ1) is 8.31. The average Bonchev–Trinajstić information content (AvgIpc) is 2.83. The lowest BCUT2D eigenvalue weighted by Gasteiger charge is -2.12. The van der Waals surface area contributed by atoms with Crippen molar-refractivity contribution in [1.29, 1.82) is 0 Å². The summed E-state index contributed by atoms with van der Waals surface area (Å²) >= 11 is 1.66. The van der Waals surface area contributed by atoms with Crippen LogP contribution in [0.15, 0.2) is 40.3 Å². The predicted molar refractivity (Wildman–Crippen MR) is 65.8 cm³/mol. The van der Waals surface area contributed by atoms with Gasteiger partial charge in [0, 0.05) is 4.88 Å². The second kappa shape index (κ2) is 4.04. The topological polar surface area (TPSA) is 42.2 Å². The zero-order valence-corrected chi connectivity index (χ0v) is 10.1. The molecule has 3 nitrogen and oxygen atoms in total. The van der Waals surface area contributed by atoms with Gasteiger partial charge in [-0.3, -0.25) is 4.79 Å². The Balaban J connectivity index is 1.67. The molecule has 0 saturated heterocycles. The van der Waals surface area contributed by atoms with Crippen molar-refractivity contribution in [2.45, 2.75) is 24.8 Å². The van der Waals surface area contributed by atoms with E-state index in [9.17, 15) is 4.79 Å². The Bertz CT molecular complexity index is 498. The average molecular weight is 247 g/mol. The zero-order chi connectivity index (χ0) is 11.7. The van der Waals surface area contributed by atoms with E-state index in [0.29, 0.717) is 6.54 Å². The molecule has 0 radical (unpaired) electrons. The van der Waals surface area contributed by atoms with E-state index in [1.165, 1.54) is 4.88 Å². The number of amides is 1. The molecule has 0 atom stereocenters. The van der Waals surface area contributed by atoms with Crippen LogP contribution in [0.2, 0.25) is 0 Å². The van der Waals surface area contributed by atoms with Crippen LogP contribution in [-0.2, 0) is 16.8 Å². The van der Waals surface area contributed by atoms with E-state index in [0.717, 1.165) is 18.6 Å². The van der Waals surface area contributed by atoms with Crippen molar-refractivity contribution < 1.29 is 9.21 Å². The fraction of sp³-hybridized carbons (Fsp3) is 0.308. The molecule has 1 aliphatic rings. The second-order valence-electron chi connectivity index (χ2n) is 4.32. The highest BCUT2D eigenvalue weighted by atomic mass is 32.1. The number of rotatable bonds is 4. The standard InChI is InChI=1S/C13H13NO2S/c15-12(14-9-10-3-1-7-16-10)13(5-6-13)11-4-2-8-17-11/h1-4,7-8H,5-6,9H2,(H,14,15). The van der Waals surface area contributed by atoms with Crippen LogP contribution in [0.1, 0.15) is 23.5 Å². The Morgan fingerprint density at radius 1 is 1.41 bits per heavy atom. The summed E-state index contributed by atoms with van der Waals surface area (Å²) < 4.78 is 5.20. The summed E-state index contributed by atoms with van der Waals surface area (Å²) in [5.74, 6) is 0.914. The lowest BCUT2D eigenvalue weighted by Crippen LogP contribution is -2.33. The minimum atomic E-state index is -0.249. The summed E-state index contributed by atoms with van der Waals surface area (Å²) in [5.41, 5.74) is -0.249. The van der Waals surface area contributed by atoms with Gasteiger partial charge in [-0.1, -0.05) is 6.07 Å². The van der Waals surface area contributed by atoms with Gasteiger partial charge in [0.25, 0.3) is 0 Å². The van der Waals surface area contributed by atoms with E-state index < -0.39 is 0 Å². The first-order valence-electron chi connectivity index (χ1n) is 5.66. The molecule has 1 aliphatic carbocycles. The highest BCUT2D eigenvalue weighted by Crippen LogP contribution is 2.50. The fourth-order valence-corrected chi connectivity index (χ4v) is 2.99. The molecule has 2 heterocycles. The van der Waals surface area contributed by atoms with E-state index in [-0.39, 0.29) is 11.3 Å². The van der Waals surface area contributed by atoms with Crippen molar-refractivity contribution in [3.8, 4) is 0 Å². The van der Waals surface area contributed by atoms with Crippen LogP contribution < -0.4 is 5.32 Å². The highest BCUT2D eigenvalue weighted by molar-refractivity contribution is 7.10. The monoisotopic (exact) mass is 247 g/mol. The molecule has 0 bridgehead atoms. The summed E-state index contributed by atoms with van der Waals surface area (Å²) in [7, 11) is 0. The van der Waals surface area contributed by atoms with Crippen LogP contribution in [0.4, 0.5) is 0 Å². The highest BCUT2D eigenvalue weighted by Gasteiger charge is 2.51. The lowest BCUT2D eigenvalue weighted by atomic mass is 10.0. The first-order valence-corrected chi connectivity index (χ1v) is 6.54. The van der Waals surface area contributed by atoms with Crippen molar-refractivity contribution in [1.82, 2.24) is 5.32 Å². The molecule has 0 aromatic carbocycles. The van der Waals surface area contributed by atoms with Gasteiger partial charge >= 0.3 is 0 Å². The van der Waals surface area contributed by atoms with Gasteiger partial charge in [0.2, 0.25) is 5.91 Å². The second-order valence-corrected chi connectivity index (χ2v) is 5.27. The third kappa shape index (κ3) is 1.89. The predicted octanol–water partition coefficient (Wildman–Crippen LogP) is 2.69. The number of thiophene rings is 1. The third-order valence-electron chi connectivity index (χ3n) is 3.18. The van der Waals surface area contributed by atoms with Gasteiger partial charge in [0.15, 0.2) is 0 Å². The Labute approximate surface area is 103 Å². The maximum atomic E-state index is 12.2. The molecule has 1 amide bonds. The molecule has 0 spiro atoms. The molecule has 1 fully saturated rings. The maximum Gasteiger partial charge on any atom is 0.231 e. The van der Waals surface area contributed by atoms with Gasteiger partial charge in [-0.15, -0.1) is 11.3 Å². The van der Waals surface area contributed by atoms with E-state index in [1.54, 1.807) is 17.6 Å². The van der Waals surface area contributed by atoms with Gasteiger partial charge in [0.1, 0.15) is 5.76 Å². The summed E-state index contributed by atoms with van der Waals surface area (Å²) in [5, 5.41) is 4.97. The summed E-state index contributed by atoms with van der Waals surface area (Å²) in [6, 6.07) is 7.74. The van der Waals surface area contributed by atoms with Crippen LogP contribution >= 0.6 is 11.3 Å². The van der Waals surface area contributed by atoms with Crippen molar-refractivity contribution in [2.75, 3.05) is 0 Å². The van der Waals surface area contributed by atoms with E-state index in [1.807, 2.05) is 29.6 Å². The van der Waals surface area contributed by atoms with Crippen LogP contribution in [0.25, 0.3) is 0 Å². The normalized spacial score (nSPS) is 16.7. The van der Waals surface area contributed by atoms with Crippen LogP contribution in [0.5, 0.6) is 0 Å². The first kappa shape index (κ1) is 10.6. The molecule has 0 aliphatic heterocycles. The van der Waals surface area contributed by atoms with Crippen LogP contribution in [0, 0.1) is 0 Å². The molecule has 1 saturated carbocycles. The zero-order valence-electron chi connectivity index (χ0n) is 9.31. The number of carbonyl (C=O) groups excluding carboxylic acids is 1. The molecular weight excluding hydrogens is 234 g/mol. The quantitative estimate of drug-likeness (QED) is 0.902. The Morgan fingerprint density at radius 3 is 2.88 bits per heavy atom. The number of furan rings is 1. The molecule has 0 unspecified atom stereocenters. The van der Waals surface area contributed by atoms with Crippen molar-refractivity contribution >= 4 is 17.2 Å². The smallest absolute Gasteiger partial charge is 0.231 e. The fourth-order valence-electron chi connectivity index (χ4n) is 2.01. The van der Waals surface area contributed by atoms with E-state index in [4.69, 9.17) is 4.42 Å². The van der Waals surface area contributed by atoms with Crippen molar-refractivity contribution in [3.05, 3.63) is 46.5 Å². The lowest BCUT2D eigenvalue weighted by molar-refractivity contribution is -0.123. The van der Waals surface area contributed by atoms with Gasteiger partial charge in [-0.25, -0.2) is 0 Å². The molecule has 1 N–H and O–H groups in total. The molecular formula is C13H13NO2S. The van der Waals surface area contributed by atoms with Crippen molar-refractivity contribution in [3.63, 3.8) is 0 Å². The molecule has 17 heavy (non-hydrogen) atoms. The number of nitrogens with one attached hydrogen (secondary N) is 1. The largest absolute Gasteiger partial charge is 0.467 e. The Hall–Kier alpha value is -1.55. The summed E-state index contributed by atoms with van der Waals surface area (Å²) in [6.45, 7) is 0.471. The molecule has 4 heteroatoms. The number of hydrogen-bond acceptors (Lipinski definition) is 3. The summed E-state index contributed by atoms with van der Waals surface area (Å²) in [4.78, 5) is 13.4. The van der Waals surface area contributed by atoms with E-state index in [2.05, 4.69) is 5.32 Å². The number of carbonyl (C=O) groups is 1. The van der Waals surface area contributed by atoms with Crippen molar-refractivity contribution in [2.24, 2.45) is 0 Å². The summed E-state index contributed by atoms with van der Waals surface area (Å²) in [6.07, 6.45) is 3.53. The minimum Gasteiger partial charge on any atom is -0.467 e. The van der Waals surface area contributed by atoms with Gasteiger partial charge in [0.05, 0.1) is 18.2 Å². The SMILES string of the molecule is O=C(NCc1ccco1)C1(c2cccs2)CC1. The molecule has 2 aromatic rings.